The molecule has 8 heteroatoms. The molecule has 0 amide bonds. The third-order valence-corrected chi connectivity index (χ3v) is 7.42. The normalized spacial score (nSPS) is 18.5. The summed E-state index contributed by atoms with van der Waals surface area (Å²) in [4.78, 5) is 21.0. The summed E-state index contributed by atoms with van der Waals surface area (Å²) < 4.78 is 2.37. The maximum atomic E-state index is 11.3. The number of aryl methyl sites for hydroxylation is 1. The summed E-state index contributed by atoms with van der Waals surface area (Å²) in [5.74, 6) is -0.336. The second-order valence-electron chi connectivity index (χ2n) is 8.62. The number of nitrogen functional groups attached to an aromatic ring is 1. The van der Waals surface area contributed by atoms with Gasteiger partial charge in [0.25, 0.3) is 0 Å². The summed E-state index contributed by atoms with van der Waals surface area (Å²) in [6.45, 7) is 2.08. The first-order valence-corrected chi connectivity index (χ1v) is 11.8. The number of benzene rings is 1. The molecule has 3 heterocycles. The Morgan fingerprint density at radius 2 is 1.85 bits per heavy atom. The summed E-state index contributed by atoms with van der Waals surface area (Å²) in [6.07, 6.45) is 6.45. The molecule has 1 aromatic carbocycles. The molecule has 0 bridgehead atoms. The number of fused-ring (bicyclic) bond motifs is 1. The molecule has 1 aliphatic rings. The Balaban J connectivity index is 1.51. The first-order chi connectivity index (χ1) is 15.9. The molecule has 7 nitrogen and oxygen atoms in total. The second kappa shape index (κ2) is 8.59. The first kappa shape index (κ1) is 21.6. The van der Waals surface area contributed by atoms with Gasteiger partial charge in [-0.05, 0) is 60.2 Å². The standard InChI is InChI=1S/C25H24BrN5O2/c1-14-4-2-3-5-18(14)20-11-10-17(12-28-20)19-13-29-31-23(27)21(26)22(30-24(19)31)15-6-8-16(9-7-15)25(32)33/h2-5,10-13,15-16H,6-9,27H2,1H3,(H,32,33)/t15-,16-. The highest BCUT2D eigenvalue weighted by Crippen LogP contribution is 2.40. The van der Waals surface area contributed by atoms with E-state index in [1.165, 1.54) is 5.56 Å². The van der Waals surface area contributed by atoms with E-state index in [0.29, 0.717) is 24.3 Å². The number of nitrogens with zero attached hydrogens (tertiary/aromatic N) is 4. The van der Waals surface area contributed by atoms with Gasteiger partial charge in [-0.15, -0.1) is 0 Å². The van der Waals surface area contributed by atoms with E-state index >= 15 is 0 Å². The fourth-order valence-corrected chi connectivity index (χ4v) is 5.25. The van der Waals surface area contributed by atoms with Crippen LogP contribution in [0.15, 0.2) is 53.3 Å². The number of rotatable bonds is 4. The van der Waals surface area contributed by atoms with Gasteiger partial charge in [-0.1, -0.05) is 30.3 Å². The van der Waals surface area contributed by atoms with Crippen LogP contribution >= 0.6 is 15.9 Å². The van der Waals surface area contributed by atoms with E-state index in [-0.39, 0.29) is 11.8 Å². The van der Waals surface area contributed by atoms with Gasteiger partial charge in [0.05, 0.1) is 28.0 Å². The molecule has 1 fully saturated rings. The van der Waals surface area contributed by atoms with E-state index in [1.54, 1.807) is 10.7 Å². The van der Waals surface area contributed by atoms with Crippen molar-refractivity contribution in [1.29, 1.82) is 0 Å². The van der Waals surface area contributed by atoms with Crippen LogP contribution in [0.5, 0.6) is 0 Å². The van der Waals surface area contributed by atoms with Crippen LogP contribution in [-0.2, 0) is 4.79 Å². The smallest absolute Gasteiger partial charge is 0.306 e. The minimum atomic E-state index is -0.713. The van der Waals surface area contributed by atoms with E-state index in [2.05, 4.69) is 45.1 Å². The quantitative estimate of drug-likeness (QED) is 0.380. The number of carboxylic acids is 1. The predicted molar refractivity (Wildman–Crippen MR) is 131 cm³/mol. The van der Waals surface area contributed by atoms with Crippen LogP contribution in [0.1, 0.15) is 42.9 Å². The number of nitrogens with two attached hydrogens (primary N) is 1. The van der Waals surface area contributed by atoms with Crippen LogP contribution in [-0.4, -0.2) is 30.7 Å². The van der Waals surface area contributed by atoms with Crippen molar-refractivity contribution in [3.05, 3.63) is 64.5 Å². The van der Waals surface area contributed by atoms with Gasteiger partial charge in [-0.2, -0.15) is 9.61 Å². The minimum Gasteiger partial charge on any atom is -0.481 e. The molecular weight excluding hydrogens is 482 g/mol. The molecule has 168 valence electrons. The van der Waals surface area contributed by atoms with E-state index in [1.807, 2.05) is 30.5 Å². The molecule has 0 unspecified atom stereocenters. The van der Waals surface area contributed by atoms with Crippen molar-refractivity contribution in [2.24, 2.45) is 5.92 Å². The number of halogens is 1. The van der Waals surface area contributed by atoms with Crippen molar-refractivity contribution in [2.45, 2.75) is 38.5 Å². The maximum absolute atomic E-state index is 11.3. The van der Waals surface area contributed by atoms with Crippen molar-refractivity contribution < 1.29 is 9.90 Å². The Morgan fingerprint density at radius 1 is 1.09 bits per heavy atom. The van der Waals surface area contributed by atoms with Crippen LogP contribution in [0, 0.1) is 12.8 Å². The lowest BCUT2D eigenvalue weighted by molar-refractivity contribution is -0.142. The van der Waals surface area contributed by atoms with Crippen LogP contribution in [0.3, 0.4) is 0 Å². The Labute approximate surface area is 199 Å². The zero-order chi connectivity index (χ0) is 23.1. The summed E-state index contributed by atoms with van der Waals surface area (Å²) in [5, 5.41) is 13.8. The maximum Gasteiger partial charge on any atom is 0.306 e. The van der Waals surface area contributed by atoms with Crippen LogP contribution in [0.2, 0.25) is 0 Å². The summed E-state index contributed by atoms with van der Waals surface area (Å²) in [6, 6.07) is 12.2. The number of anilines is 1. The van der Waals surface area contributed by atoms with Crippen LogP contribution < -0.4 is 5.73 Å². The van der Waals surface area contributed by atoms with Crippen LogP contribution in [0.25, 0.3) is 28.0 Å². The largest absolute Gasteiger partial charge is 0.481 e. The van der Waals surface area contributed by atoms with Crippen molar-refractivity contribution in [1.82, 2.24) is 19.6 Å². The monoisotopic (exact) mass is 505 g/mol. The molecule has 1 aliphatic carbocycles. The van der Waals surface area contributed by atoms with Gasteiger partial charge in [0.2, 0.25) is 0 Å². The first-order valence-electron chi connectivity index (χ1n) is 11.0. The molecule has 4 aromatic rings. The van der Waals surface area contributed by atoms with E-state index in [9.17, 15) is 9.90 Å². The van der Waals surface area contributed by atoms with Crippen molar-refractivity contribution in [3.63, 3.8) is 0 Å². The van der Waals surface area contributed by atoms with E-state index in [0.717, 1.165) is 45.4 Å². The number of hydrogen-bond acceptors (Lipinski definition) is 5. The van der Waals surface area contributed by atoms with Gasteiger partial charge in [0.15, 0.2) is 5.65 Å². The highest BCUT2D eigenvalue weighted by Gasteiger charge is 2.30. The molecule has 3 N–H and O–H groups in total. The molecule has 1 saturated carbocycles. The highest BCUT2D eigenvalue weighted by atomic mass is 79.9. The Kier molecular flexibility index (Phi) is 5.62. The third-order valence-electron chi connectivity index (χ3n) is 6.61. The van der Waals surface area contributed by atoms with Gasteiger partial charge < -0.3 is 10.8 Å². The number of aromatic nitrogens is 4. The zero-order valence-electron chi connectivity index (χ0n) is 18.2. The van der Waals surface area contributed by atoms with Crippen molar-refractivity contribution in [3.8, 4) is 22.4 Å². The van der Waals surface area contributed by atoms with Crippen molar-refractivity contribution in [2.75, 3.05) is 5.73 Å². The minimum absolute atomic E-state index is 0.159. The number of carboxylic acid groups (broad SMARTS) is 1. The highest BCUT2D eigenvalue weighted by molar-refractivity contribution is 9.10. The number of pyridine rings is 1. The summed E-state index contributed by atoms with van der Waals surface area (Å²) in [5.41, 5.74) is 12.9. The molecule has 33 heavy (non-hydrogen) atoms. The zero-order valence-corrected chi connectivity index (χ0v) is 19.8. The Hall–Kier alpha value is -3.26. The molecule has 0 aliphatic heterocycles. The van der Waals surface area contributed by atoms with Crippen LogP contribution in [0.4, 0.5) is 5.82 Å². The van der Waals surface area contributed by atoms with Crippen molar-refractivity contribution >= 4 is 33.4 Å². The molecule has 0 saturated heterocycles. The van der Waals surface area contributed by atoms with Gasteiger partial charge >= 0.3 is 5.97 Å². The van der Waals surface area contributed by atoms with E-state index < -0.39 is 5.97 Å². The fourth-order valence-electron chi connectivity index (χ4n) is 4.67. The average molecular weight is 506 g/mol. The second-order valence-corrected chi connectivity index (χ2v) is 9.42. The third kappa shape index (κ3) is 3.88. The van der Waals surface area contributed by atoms with Gasteiger partial charge in [-0.3, -0.25) is 9.78 Å². The molecular formula is C25H24BrN5O2. The summed E-state index contributed by atoms with van der Waals surface area (Å²) >= 11 is 3.61. The molecule has 5 rings (SSSR count). The van der Waals surface area contributed by atoms with E-state index in [4.69, 9.17) is 10.7 Å². The van der Waals surface area contributed by atoms with Gasteiger partial charge in [0.1, 0.15) is 5.82 Å². The predicted octanol–water partition coefficient (Wildman–Crippen LogP) is 5.47. The molecule has 0 spiro atoms. The number of aliphatic carboxylic acids is 1. The Morgan fingerprint density at radius 3 is 2.52 bits per heavy atom. The Bertz CT molecular complexity index is 1340. The fraction of sp³-hybridized carbons (Fsp3) is 0.280. The van der Waals surface area contributed by atoms with Gasteiger partial charge in [-0.25, -0.2) is 4.98 Å². The lowest BCUT2D eigenvalue weighted by Crippen LogP contribution is -2.21. The lowest BCUT2D eigenvalue weighted by atomic mass is 9.80. The topological polar surface area (TPSA) is 106 Å². The molecule has 0 radical (unpaired) electrons. The number of hydrogen-bond donors (Lipinski definition) is 2. The SMILES string of the molecule is Cc1ccccc1-c1ccc(-c2cnn3c(N)c(Br)c([C@H]4CC[C@H](C(=O)O)CC4)nc23)cn1. The average Bonchev–Trinajstić information content (AvgIpc) is 3.26. The molecule has 0 atom stereocenters. The summed E-state index contributed by atoms with van der Waals surface area (Å²) in [7, 11) is 0. The number of carbonyl (C=O) groups is 1. The lowest BCUT2D eigenvalue weighted by Gasteiger charge is -2.26. The molecule has 3 aromatic heterocycles. The van der Waals surface area contributed by atoms with Gasteiger partial charge in [0, 0.05) is 28.8 Å².